The minimum atomic E-state index is -0.176. The highest BCUT2D eigenvalue weighted by Gasteiger charge is 2.09. The van der Waals surface area contributed by atoms with Crippen LogP contribution in [0.25, 0.3) is 0 Å². The SMILES string of the molecule is NC(=O)CCCSCCN1CCCC1. The normalized spacial score (nSPS) is 17.4. The molecule has 0 unspecified atom stereocenters. The van der Waals surface area contributed by atoms with Crippen molar-refractivity contribution in [2.24, 2.45) is 5.73 Å². The third kappa shape index (κ3) is 5.50. The van der Waals surface area contributed by atoms with E-state index in [4.69, 9.17) is 5.73 Å². The lowest BCUT2D eigenvalue weighted by Gasteiger charge is -2.13. The maximum absolute atomic E-state index is 10.4. The molecule has 1 aliphatic rings. The Labute approximate surface area is 90.4 Å². The molecule has 2 N–H and O–H groups in total. The number of amides is 1. The van der Waals surface area contributed by atoms with Crippen molar-refractivity contribution in [1.29, 1.82) is 0 Å². The molecule has 14 heavy (non-hydrogen) atoms. The molecule has 0 aromatic rings. The Hall–Kier alpha value is -0.220. The van der Waals surface area contributed by atoms with E-state index in [1.807, 2.05) is 11.8 Å². The summed E-state index contributed by atoms with van der Waals surface area (Å²) in [4.78, 5) is 13.0. The lowest BCUT2D eigenvalue weighted by molar-refractivity contribution is -0.118. The molecule has 0 bridgehead atoms. The second-order valence-electron chi connectivity index (χ2n) is 3.73. The van der Waals surface area contributed by atoms with Crippen molar-refractivity contribution in [3.8, 4) is 0 Å². The molecule has 0 aliphatic carbocycles. The number of likely N-dealkylation sites (tertiary alicyclic amines) is 1. The van der Waals surface area contributed by atoms with E-state index >= 15 is 0 Å². The molecule has 1 aliphatic heterocycles. The fourth-order valence-corrected chi connectivity index (χ4v) is 2.59. The van der Waals surface area contributed by atoms with Gasteiger partial charge in [0, 0.05) is 18.7 Å². The van der Waals surface area contributed by atoms with Crippen LogP contribution in [0.4, 0.5) is 0 Å². The summed E-state index contributed by atoms with van der Waals surface area (Å²) in [6.07, 6.45) is 4.20. The Morgan fingerprint density at radius 3 is 2.64 bits per heavy atom. The fraction of sp³-hybridized carbons (Fsp3) is 0.900. The van der Waals surface area contributed by atoms with Crippen LogP contribution in [0.2, 0.25) is 0 Å². The average Bonchev–Trinajstić information content (AvgIpc) is 2.63. The summed E-state index contributed by atoms with van der Waals surface area (Å²) in [7, 11) is 0. The van der Waals surface area contributed by atoms with Crippen LogP contribution < -0.4 is 5.73 Å². The number of hydrogen-bond donors (Lipinski definition) is 1. The summed E-state index contributed by atoms with van der Waals surface area (Å²) >= 11 is 1.93. The number of rotatable bonds is 7. The highest BCUT2D eigenvalue weighted by atomic mass is 32.2. The van der Waals surface area contributed by atoms with Gasteiger partial charge in [0.1, 0.15) is 0 Å². The standard InChI is InChI=1S/C10H20N2OS/c11-10(13)4-3-8-14-9-7-12-5-1-2-6-12/h1-9H2,(H2,11,13). The van der Waals surface area contributed by atoms with Gasteiger partial charge in [-0.15, -0.1) is 0 Å². The molecular weight excluding hydrogens is 196 g/mol. The molecule has 1 amide bonds. The van der Waals surface area contributed by atoms with E-state index in [0.29, 0.717) is 6.42 Å². The highest BCUT2D eigenvalue weighted by Crippen LogP contribution is 2.10. The third-order valence-corrected chi connectivity index (χ3v) is 3.51. The third-order valence-electron chi connectivity index (χ3n) is 2.46. The van der Waals surface area contributed by atoms with E-state index in [1.165, 1.54) is 38.2 Å². The zero-order valence-electron chi connectivity index (χ0n) is 8.71. The van der Waals surface area contributed by atoms with Crippen molar-refractivity contribution in [2.45, 2.75) is 25.7 Å². The van der Waals surface area contributed by atoms with Gasteiger partial charge in [-0.1, -0.05) is 0 Å². The van der Waals surface area contributed by atoms with Crippen molar-refractivity contribution < 1.29 is 4.79 Å². The molecule has 82 valence electrons. The van der Waals surface area contributed by atoms with Crippen LogP contribution in [0, 0.1) is 0 Å². The maximum atomic E-state index is 10.4. The molecule has 0 spiro atoms. The molecule has 0 radical (unpaired) electrons. The van der Waals surface area contributed by atoms with E-state index < -0.39 is 0 Å². The number of hydrogen-bond acceptors (Lipinski definition) is 3. The lowest BCUT2D eigenvalue weighted by atomic mass is 10.3. The van der Waals surface area contributed by atoms with Crippen LogP contribution in [0.5, 0.6) is 0 Å². The molecule has 1 saturated heterocycles. The average molecular weight is 216 g/mol. The molecule has 3 nitrogen and oxygen atoms in total. The summed E-state index contributed by atoms with van der Waals surface area (Å²) in [5, 5.41) is 0. The Morgan fingerprint density at radius 2 is 2.00 bits per heavy atom. The first kappa shape index (κ1) is 11.9. The summed E-state index contributed by atoms with van der Waals surface area (Å²) in [6.45, 7) is 3.77. The fourth-order valence-electron chi connectivity index (χ4n) is 1.65. The molecule has 1 heterocycles. The second-order valence-corrected chi connectivity index (χ2v) is 4.96. The number of thioether (sulfide) groups is 1. The monoisotopic (exact) mass is 216 g/mol. The lowest BCUT2D eigenvalue weighted by Crippen LogP contribution is -2.22. The Kier molecular flexibility index (Phi) is 6.03. The largest absolute Gasteiger partial charge is 0.370 e. The zero-order valence-corrected chi connectivity index (χ0v) is 9.52. The van der Waals surface area contributed by atoms with Crippen molar-refractivity contribution in [3.05, 3.63) is 0 Å². The predicted octanol–water partition coefficient (Wildman–Crippen LogP) is 1.08. The van der Waals surface area contributed by atoms with Crippen LogP contribution in [0.15, 0.2) is 0 Å². The van der Waals surface area contributed by atoms with Crippen LogP contribution in [-0.2, 0) is 4.79 Å². The molecule has 1 rings (SSSR count). The van der Waals surface area contributed by atoms with Gasteiger partial charge in [0.05, 0.1) is 0 Å². The smallest absolute Gasteiger partial charge is 0.217 e. The Morgan fingerprint density at radius 1 is 1.29 bits per heavy atom. The zero-order chi connectivity index (χ0) is 10.2. The molecule has 0 saturated carbocycles. The first-order valence-electron chi connectivity index (χ1n) is 5.37. The van der Waals surface area contributed by atoms with Crippen molar-refractivity contribution in [2.75, 3.05) is 31.1 Å². The Balaban J connectivity index is 1.82. The summed E-state index contributed by atoms with van der Waals surface area (Å²) < 4.78 is 0. The van der Waals surface area contributed by atoms with E-state index in [9.17, 15) is 4.79 Å². The highest BCUT2D eigenvalue weighted by molar-refractivity contribution is 7.99. The number of primary amides is 1. The van der Waals surface area contributed by atoms with Gasteiger partial charge in [0.2, 0.25) is 5.91 Å². The van der Waals surface area contributed by atoms with Gasteiger partial charge in [-0.3, -0.25) is 4.79 Å². The van der Waals surface area contributed by atoms with Gasteiger partial charge in [-0.25, -0.2) is 0 Å². The maximum Gasteiger partial charge on any atom is 0.217 e. The topological polar surface area (TPSA) is 46.3 Å². The summed E-state index contributed by atoms with van der Waals surface area (Å²) in [6, 6.07) is 0. The molecule has 0 aromatic heterocycles. The van der Waals surface area contributed by atoms with Gasteiger partial charge < -0.3 is 10.6 Å². The van der Waals surface area contributed by atoms with Gasteiger partial charge in [0.15, 0.2) is 0 Å². The van der Waals surface area contributed by atoms with E-state index in [2.05, 4.69) is 4.90 Å². The van der Waals surface area contributed by atoms with Crippen molar-refractivity contribution >= 4 is 17.7 Å². The van der Waals surface area contributed by atoms with Crippen LogP contribution >= 0.6 is 11.8 Å². The number of carbonyl (C=O) groups excluding carboxylic acids is 1. The van der Waals surface area contributed by atoms with Gasteiger partial charge in [-0.2, -0.15) is 11.8 Å². The number of carbonyl (C=O) groups is 1. The Bertz CT molecular complexity index is 170. The number of nitrogens with zero attached hydrogens (tertiary/aromatic N) is 1. The van der Waals surface area contributed by atoms with Gasteiger partial charge in [-0.05, 0) is 38.1 Å². The predicted molar refractivity (Wildman–Crippen MR) is 61.4 cm³/mol. The molecule has 0 atom stereocenters. The van der Waals surface area contributed by atoms with E-state index in [1.54, 1.807) is 0 Å². The van der Waals surface area contributed by atoms with Gasteiger partial charge in [0.25, 0.3) is 0 Å². The first-order chi connectivity index (χ1) is 6.79. The van der Waals surface area contributed by atoms with Crippen LogP contribution in [0.1, 0.15) is 25.7 Å². The van der Waals surface area contributed by atoms with Crippen molar-refractivity contribution in [3.63, 3.8) is 0 Å². The van der Waals surface area contributed by atoms with Gasteiger partial charge >= 0.3 is 0 Å². The van der Waals surface area contributed by atoms with Crippen LogP contribution in [-0.4, -0.2) is 41.9 Å². The molecule has 0 aromatic carbocycles. The molecule has 4 heteroatoms. The number of nitrogens with two attached hydrogens (primary N) is 1. The van der Waals surface area contributed by atoms with Crippen LogP contribution in [0.3, 0.4) is 0 Å². The molecular formula is C10H20N2OS. The first-order valence-corrected chi connectivity index (χ1v) is 6.53. The minimum absolute atomic E-state index is 0.176. The second kappa shape index (κ2) is 7.12. The summed E-state index contributed by atoms with van der Waals surface area (Å²) in [5.74, 6) is 2.08. The molecule has 1 fully saturated rings. The minimum Gasteiger partial charge on any atom is -0.370 e. The quantitative estimate of drug-likeness (QED) is 0.648. The van der Waals surface area contributed by atoms with Crippen molar-refractivity contribution in [1.82, 2.24) is 4.90 Å². The summed E-state index contributed by atoms with van der Waals surface area (Å²) in [5.41, 5.74) is 5.05. The van der Waals surface area contributed by atoms with E-state index in [0.717, 1.165) is 12.2 Å². The van der Waals surface area contributed by atoms with E-state index in [-0.39, 0.29) is 5.91 Å².